The van der Waals surface area contributed by atoms with E-state index in [0.29, 0.717) is 6.07 Å². The lowest BCUT2D eigenvalue weighted by Gasteiger charge is -2.10. The van der Waals surface area contributed by atoms with Crippen molar-refractivity contribution in [1.82, 2.24) is 0 Å². The quantitative estimate of drug-likeness (QED) is 0.587. The second-order valence-electron chi connectivity index (χ2n) is 4.50. The zero-order valence-electron chi connectivity index (χ0n) is 11.5. The van der Waals surface area contributed by atoms with Gasteiger partial charge in [0.2, 0.25) is 0 Å². The molecule has 2 amide bonds. The topological polar surface area (TPSA) is 78.4 Å². The molecule has 0 bridgehead atoms. The average Bonchev–Trinajstić information content (AvgIpc) is 2.49. The van der Waals surface area contributed by atoms with Crippen molar-refractivity contribution in [2.75, 3.05) is 10.6 Å². The van der Waals surface area contributed by atoms with Crippen LogP contribution in [0.25, 0.3) is 0 Å². The first-order chi connectivity index (χ1) is 10.8. The van der Waals surface area contributed by atoms with Crippen LogP contribution in [0.1, 0.15) is 5.56 Å². The van der Waals surface area contributed by atoms with Gasteiger partial charge in [-0.25, -0.2) is 0 Å². The Morgan fingerprint density at radius 3 is 2.22 bits per heavy atom. The zero-order valence-corrected chi connectivity index (χ0v) is 11.5. The molecule has 0 atom stereocenters. The van der Waals surface area contributed by atoms with Gasteiger partial charge in [0.15, 0.2) is 0 Å². The Morgan fingerprint density at radius 1 is 0.913 bits per heavy atom. The number of amides is 2. The Hall–Kier alpha value is -3.03. The first kappa shape index (κ1) is 16.3. The summed E-state index contributed by atoms with van der Waals surface area (Å²) < 4.78 is 37.7. The number of hydrogen-bond acceptors (Lipinski definition) is 3. The minimum Gasteiger partial charge on any atom is -0.506 e. The summed E-state index contributed by atoms with van der Waals surface area (Å²) >= 11 is 0. The Bertz CT molecular complexity index is 745. The number of aromatic hydroxyl groups is 1. The molecule has 0 saturated heterocycles. The maximum atomic E-state index is 12.6. The van der Waals surface area contributed by atoms with Crippen LogP contribution >= 0.6 is 0 Å². The fraction of sp³-hybridized carbons (Fsp3) is 0.0667. The predicted molar refractivity (Wildman–Crippen MR) is 76.8 cm³/mol. The number of para-hydroxylation sites is 2. The van der Waals surface area contributed by atoms with Crippen LogP contribution in [0.15, 0.2) is 48.5 Å². The van der Waals surface area contributed by atoms with E-state index in [1.165, 1.54) is 30.3 Å². The molecule has 120 valence electrons. The molecule has 0 aliphatic heterocycles. The fourth-order valence-electron chi connectivity index (χ4n) is 1.72. The molecule has 0 aliphatic carbocycles. The van der Waals surface area contributed by atoms with Crippen molar-refractivity contribution in [3.05, 3.63) is 54.1 Å². The SMILES string of the molecule is O=C(Nc1cccc(C(F)(F)F)c1)C(=O)Nc1ccccc1O. The Labute approximate surface area is 128 Å². The predicted octanol–water partition coefficient (Wildman–Crippen LogP) is 2.99. The average molecular weight is 324 g/mol. The summed E-state index contributed by atoms with van der Waals surface area (Å²) in [6, 6.07) is 9.61. The van der Waals surface area contributed by atoms with E-state index in [1.54, 1.807) is 0 Å². The van der Waals surface area contributed by atoms with Gasteiger partial charge in [-0.2, -0.15) is 13.2 Å². The van der Waals surface area contributed by atoms with E-state index < -0.39 is 23.6 Å². The number of carbonyl (C=O) groups excluding carboxylic acids is 2. The molecule has 2 aromatic rings. The maximum absolute atomic E-state index is 12.6. The number of benzene rings is 2. The maximum Gasteiger partial charge on any atom is 0.416 e. The lowest BCUT2D eigenvalue weighted by atomic mass is 10.2. The number of halogens is 3. The number of hydrogen-bond donors (Lipinski definition) is 3. The van der Waals surface area contributed by atoms with Gasteiger partial charge in [-0.15, -0.1) is 0 Å². The van der Waals surface area contributed by atoms with Crippen LogP contribution in [0.4, 0.5) is 24.5 Å². The summed E-state index contributed by atoms with van der Waals surface area (Å²) in [5.41, 5.74) is -1.11. The molecular formula is C15H11F3N2O3. The zero-order chi connectivity index (χ0) is 17.0. The van der Waals surface area contributed by atoms with Crippen molar-refractivity contribution in [3.63, 3.8) is 0 Å². The number of alkyl halides is 3. The van der Waals surface area contributed by atoms with E-state index >= 15 is 0 Å². The number of carbonyl (C=O) groups is 2. The molecule has 2 rings (SSSR count). The standard InChI is InChI=1S/C15H11F3N2O3/c16-15(17,18)9-4-3-5-10(8-9)19-13(22)14(23)20-11-6-1-2-7-12(11)21/h1-8,21H,(H,19,22)(H,20,23). The highest BCUT2D eigenvalue weighted by Crippen LogP contribution is 2.30. The van der Waals surface area contributed by atoms with Gasteiger partial charge in [0, 0.05) is 5.69 Å². The van der Waals surface area contributed by atoms with Crippen molar-refractivity contribution in [2.45, 2.75) is 6.18 Å². The minimum absolute atomic E-state index is 0.0108. The third-order valence-corrected chi connectivity index (χ3v) is 2.81. The summed E-state index contributed by atoms with van der Waals surface area (Å²) in [6.45, 7) is 0. The largest absolute Gasteiger partial charge is 0.506 e. The lowest BCUT2D eigenvalue weighted by Crippen LogP contribution is -2.29. The van der Waals surface area contributed by atoms with Gasteiger partial charge in [0.05, 0.1) is 11.3 Å². The van der Waals surface area contributed by atoms with Gasteiger partial charge in [-0.1, -0.05) is 18.2 Å². The van der Waals surface area contributed by atoms with E-state index in [0.717, 1.165) is 12.1 Å². The Kier molecular flexibility index (Phi) is 4.54. The van der Waals surface area contributed by atoms with Crippen molar-refractivity contribution >= 4 is 23.2 Å². The molecule has 0 fully saturated rings. The van der Waals surface area contributed by atoms with Gasteiger partial charge in [0.1, 0.15) is 5.75 Å². The number of nitrogens with one attached hydrogen (secondary N) is 2. The molecule has 0 radical (unpaired) electrons. The molecule has 2 aromatic carbocycles. The highest BCUT2D eigenvalue weighted by atomic mass is 19.4. The molecular weight excluding hydrogens is 313 g/mol. The van der Waals surface area contributed by atoms with Gasteiger partial charge in [0.25, 0.3) is 0 Å². The van der Waals surface area contributed by atoms with E-state index in [1.807, 2.05) is 0 Å². The molecule has 0 heterocycles. The normalized spacial score (nSPS) is 10.9. The summed E-state index contributed by atoms with van der Waals surface area (Å²) in [6.07, 6.45) is -4.56. The molecule has 0 unspecified atom stereocenters. The Morgan fingerprint density at radius 2 is 1.57 bits per heavy atom. The highest BCUT2D eigenvalue weighted by molar-refractivity contribution is 6.43. The summed E-state index contributed by atoms with van der Waals surface area (Å²) in [5.74, 6) is -2.52. The summed E-state index contributed by atoms with van der Waals surface area (Å²) in [5, 5.41) is 13.7. The van der Waals surface area contributed by atoms with Crippen LogP contribution in [-0.4, -0.2) is 16.9 Å². The van der Waals surface area contributed by atoms with E-state index in [2.05, 4.69) is 10.6 Å². The second kappa shape index (κ2) is 6.39. The third-order valence-electron chi connectivity index (χ3n) is 2.81. The van der Waals surface area contributed by atoms with Gasteiger partial charge in [-0.3, -0.25) is 9.59 Å². The number of anilines is 2. The smallest absolute Gasteiger partial charge is 0.416 e. The van der Waals surface area contributed by atoms with Crippen LogP contribution in [0.5, 0.6) is 5.75 Å². The van der Waals surface area contributed by atoms with E-state index in [4.69, 9.17) is 0 Å². The van der Waals surface area contributed by atoms with Gasteiger partial charge in [-0.05, 0) is 30.3 Å². The summed E-state index contributed by atoms with van der Waals surface area (Å²) in [7, 11) is 0. The monoisotopic (exact) mass is 324 g/mol. The van der Waals surface area contributed by atoms with Crippen molar-refractivity contribution < 1.29 is 27.9 Å². The first-order valence-electron chi connectivity index (χ1n) is 6.35. The lowest BCUT2D eigenvalue weighted by molar-refractivity contribution is -0.137. The molecule has 0 saturated carbocycles. The van der Waals surface area contributed by atoms with E-state index in [-0.39, 0.29) is 17.1 Å². The number of phenols is 1. The van der Waals surface area contributed by atoms with Crippen LogP contribution in [-0.2, 0) is 15.8 Å². The molecule has 8 heteroatoms. The van der Waals surface area contributed by atoms with E-state index in [9.17, 15) is 27.9 Å². The molecule has 5 nitrogen and oxygen atoms in total. The number of rotatable bonds is 2. The Balaban J connectivity index is 2.07. The minimum atomic E-state index is -4.56. The van der Waals surface area contributed by atoms with Gasteiger partial charge >= 0.3 is 18.0 Å². The highest BCUT2D eigenvalue weighted by Gasteiger charge is 2.30. The molecule has 3 N–H and O–H groups in total. The van der Waals surface area contributed by atoms with Gasteiger partial charge < -0.3 is 15.7 Å². The molecule has 0 aliphatic rings. The second-order valence-corrected chi connectivity index (χ2v) is 4.50. The van der Waals surface area contributed by atoms with Crippen LogP contribution in [0, 0.1) is 0 Å². The number of phenolic OH excluding ortho intramolecular Hbond substituents is 1. The van der Waals surface area contributed by atoms with Crippen molar-refractivity contribution in [1.29, 1.82) is 0 Å². The molecule has 23 heavy (non-hydrogen) atoms. The first-order valence-corrected chi connectivity index (χ1v) is 6.35. The van der Waals surface area contributed by atoms with Crippen molar-refractivity contribution in [2.24, 2.45) is 0 Å². The fourth-order valence-corrected chi connectivity index (χ4v) is 1.72. The van der Waals surface area contributed by atoms with Crippen molar-refractivity contribution in [3.8, 4) is 5.75 Å². The van der Waals surface area contributed by atoms with Crippen LogP contribution < -0.4 is 10.6 Å². The molecule has 0 aromatic heterocycles. The van der Waals surface area contributed by atoms with Crippen LogP contribution in [0.2, 0.25) is 0 Å². The summed E-state index contributed by atoms with van der Waals surface area (Å²) in [4.78, 5) is 23.4. The van der Waals surface area contributed by atoms with Crippen LogP contribution in [0.3, 0.4) is 0 Å². The molecule has 0 spiro atoms. The third kappa shape index (κ3) is 4.22.